The minimum atomic E-state index is -0.971. The molecule has 0 fully saturated rings. The molecule has 0 unspecified atom stereocenters. The summed E-state index contributed by atoms with van der Waals surface area (Å²) in [5, 5.41) is 11.1. The van der Waals surface area contributed by atoms with Gasteiger partial charge in [0.2, 0.25) is 0 Å². The van der Waals surface area contributed by atoms with Crippen molar-refractivity contribution in [2.45, 2.75) is 43.4 Å². The number of rotatable bonds is 16. The zero-order valence-corrected chi connectivity index (χ0v) is 16.9. The average molecular weight is 393 g/mol. The van der Waals surface area contributed by atoms with E-state index < -0.39 is 6.09 Å². The minimum absolute atomic E-state index is 0.464. The van der Waals surface area contributed by atoms with Gasteiger partial charge in [0.1, 0.15) is 5.75 Å². The molecule has 1 rings (SSSR count). The molecular formula is C21H32N2O3S. The van der Waals surface area contributed by atoms with Crippen LogP contribution in [0, 0.1) is 0 Å². The van der Waals surface area contributed by atoms with Crippen LogP contribution in [0.3, 0.4) is 0 Å². The molecule has 27 heavy (non-hydrogen) atoms. The average Bonchev–Trinajstić information content (AvgIpc) is 2.66. The first-order valence-electron chi connectivity index (χ1n) is 9.50. The molecule has 0 saturated carbocycles. The van der Waals surface area contributed by atoms with Gasteiger partial charge in [-0.15, -0.1) is 13.2 Å². The third kappa shape index (κ3) is 12.2. The highest BCUT2D eigenvalue weighted by Gasteiger charge is 2.08. The van der Waals surface area contributed by atoms with Crippen molar-refractivity contribution < 1.29 is 14.6 Å². The second kappa shape index (κ2) is 15.2. The fraction of sp³-hybridized carbons (Fsp3) is 0.476. The predicted octanol–water partition coefficient (Wildman–Crippen LogP) is 5.35. The summed E-state index contributed by atoms with van der Waals surface area (Å²) >= 11 is 1.70. The zero-order valence-electron chi connectivity index (χ0n) is 16.1. The highest BCUT2D eigenvalue weighted by molar-refractivity contribution is 7.97. The number of allylic oxidation sites excluding steroid dienone is 2. The Labute approximate surface area is 167 Å². The summed E-state index contributed by atoms with van der Waals surface area (Å²) in [5.74, 6) is 0.878. The number of nitrogens with zero attached hydrogens (tertiary/aromatic N) is 1. The van der Waals surface area contributed by atoms with Crippen LogP contribution in [0.5, 0.6) is 5.75 Å². The minimum Gasteiger partial charge on any atom is -0.494 e. The Hall–Kier alpha value is -1.92. The van der Waals surface area contributed by atoms with Gasteiger partial charge in [-0.1, -0.05) is 18.2 Å². The topological polar surface area (TPSA) is 61.8 Å². The van der Waals surface area contributed by atoms with Crippen LogP contribution in [-0.4, -0.2) is 41.7 Å². The number of ether oxygens (including phenoxy) is 1. The summed E-state index contributed by atoms with van der Waals surface area (Å²) in [5.41, 5.74) is 0. The van der Waals surface area contributed by atoms with E-state index in [1.807, 2.05) is 24.3 Å². The van der Waals surface area contributed by atoms with Gasteiger partial charge in [-0.2, -0.15) is 0 Å². The molecule has 0 heterocycles. The maximum absolute atomic E-state index is 10.6. The first kappa shape index (κ1) is 23.1. The van der Waals surface area contributed by atoms with Gasteiger partial charge in [0, 0.05) is 24.5 Å². The number of hydrogen-bond donors (Lipinski definition) is 2. The summed E-state index contributed by atoms with van der Waals surface area (Å²) in [6, 6.07) is 8.12. The fourth-order valence-electron chi connectivity index (χ4n) is 2.42. The van der Waals surface area contributed by atoms with Gasteiger partial charge in [0.25, 0.3) is 0 Å². The van der Waals surface area contributed by atoms with Crippen molar-refractivity contribution in [3.8, 4) is 5.75 Å². The maximum Gasteiger partial charge on any atom is 0.404 e. The number of unbranched alkanes of at least 4 members (excludes halogenated alkanes) is 3. The number of amides is 1. The van der Waals surface area contributed by atoms with Crippen LogP contribution < -0.4 is 10.1 Å². The predicted molar refractivity (Wildman–Crippen MR) is 113 cm³/mol. The molecule has 0 spiro atoms. The Balaban J connectivity index is 2.53. The van der Waals surface area contributed by atoms with Gasteiger partial charge in [-0.05, 0) is 68.7 Å². The van der Waals surface area contributed by atoms with Crippen molar-refractivity contribution >= 4 is 18.0 Å². The van der Waals surface area contributed by atoms with Crippen molar-refractivity contribution in [1.29, 1.82) is 0 Å². The molecule has 0 atom stereocenters. The van der Waals surface area contributed by atoms with Crippen LogP contribution in [-0.2, 0) is 0 Å². The van der Waals surface area contributed by atoms with Crippen LogP contribution >= 0.6 is 11.9 Å². The van der Waals surface area contributed by atoms with E-state index in [-0.39, 0.29) is 0 Å². The van der Waals surface area contributed by atoms with Gasteiger partial charge in [0.15, 0.2) is 0 Å². The van der Waals surface area contributed by atoms with Gasteiger partial charge >= 0.3 is 6.09 Å². The van der Waals surface area contributed by atoms with Crippen LogP contribution in [0.2, 0.25) is 0 Å². The zero-order chi connectivity index (χ0) is 19.7. The van der Waals surface area contributed by atoms with Crippen LogP contribution in [0.1, 0.15) is 38.5 Å². The third-order valence-electron chi connectivity index (χ3n) is 3.79. The van der Waals surface area contributed by atoms with E-state index in [0.29, 0.717) is 13.2 Å². The molecule has 0 aliphatic carbocycles. The number of benzene rings is 1. The molecular weight excluding hydrogens is 360 g/mol. The van der Waals surface area contributed by atoms with E-state index in [4.69, 9.17) is 9.84 Å². The lowest BCUT2D eigenvalue weighted by atomic mass is 10.2. The number of carbonyl (C=O) groups is 1. The maximum atomic E-state index is 10.6. The summed E-state index contributed by atoms with van der Waals surface area (Å²) < 4.78 is 8.10. The molecule has 0 aromatic heterocycles. The van der Waals surface area contributed by atoms with E-state index in [1.54, 1.807) is 11.9 Å². The quantitative estimate of drug-likeness (QED) is 0.225. The van der Waals surface area contributed by atoms with E-state index in [2.05, 4.69) is 34.9 Å². The highest BCUT2D eigenvalue weighted by atomic mass is 32.2. The van der Waals surface area contributed by atoms with Gasteiger partial charge in [-0.3, -0.25) is 0 Å². The van der Waals surface area contributed by atoms with E-state index in [0.717, 1.165) is 62.3 Å². The van der Waals surface area contributed by atoms with E-state index in [9.17, 15) is 4.79 Å². The fourth-order valence-corrected chi connectivity index (χ4v) is 3.47. The van der Waals surface area contributed by atoms with E-state index in [1.165, 1.54) is 0 Å². The number of nitrogens with one attached hydrogen (secondary N) is 1. The Bertz CT molecular complexity index is 566. The highest BCUT2D eigenvalue weighted by Crippen LogP contribution is 2.27. The van der Waals surface area contributed by atoms with Gasteiger partial charge < -0.3 is 15.2 Å². The van der Waals surface area contributed by atoms with Crippen molar-refractivity contribution in [3.63, 3.8) is 0 Å². The molecule has 0 bridgehead atoms. The smallest absolute Gasteiger partial charge is 0.404 e. The summed E-state index contributed by atoms with van der Waals surface area (Å²) in [6.07, 6.45) is 8.79. The van der Waals surface area contributed by atoms with Gasteiger partial charge in [0.05, 0.1) is 6.61 Å². The summed E-state index contributed by atoms with van der Waals surface area (Å²) in [6.45, 7) is 10.4. The molecule has 0 aliphatic heterocycles. The Morgan fingerprint density at radius 2 is 1.89 bits per heavy atom. The molecule has 2 N–H and O–H groups in total. The van der Waals surface area contributed by atoms with Crippen LogP contribution in [0.15, 0.2) is 54.5 Å². The molecule has 1 aromatic carbocycles. The van der Waals surface area contributed by atoms with Gasteiger partial charge in [-0.25, -0.2) is 9.10 Å². The standard InChI is InChI=1S/C21H32N2O3S/c1-3-5-7-8-15-23(16-11-14-22-21(24)25)27-20-13-10-12-19(18-20)26-17-9-6-4-2/h3-4,10,12-13,18,22H,1-2,5-9,11,14-17H2,(H,24,25). The van der Waals surface area contributed by atoms with Crippen molar-refractivity contribution in [1.82, 2.24) is 9.62 Å². The molecule has 6 heteroatoms. The SMILES string of the molecule is C=CCCCCN(CCCNC(=O)O)Sc1cccc(OCCCC=C)c1. The lowest BCUT2D eigenvalue weighted by Gasteiger charge is -2.21. The molecule has 0 saturated heterocycles. The molecule has 1 aromatic rings. The summed E-state index contributed by atoms with van der Waals surface area (Å²) in [4.78, 5) is 11.7. The normalized spacial score (nSPS) is 10.6. The molecule has 150 valence electrons. The Kier molecular flexibility index (Phi) is 13.0. The van der Waals surface area contributed by atoms with Crippen LogP contribution in [0.4, 0.5) is 4.79 Å². The first-order valence-corrected chi connectivity index (χ1v) is 10.3. The van der Waals surface area contributed by atoms with E-state index >= 15 is 0 Å². The van der Waals surface area contributed by atoms with Crippen molar-refractivity contribution in [2.75, 3.05) is 26.2 Å². The Morgan fingerprint density at radius 1 is 1.15 bits per heavy atom. The molecule has 5 nitrogen and oxygen atoms in total. The van der Waals surface area contributed by atoms with Crippen molar-refractivity contribution in [2.24, 2.45) is 0 Å². The Morgan fingerprint density at radius 3 is 2.63 bits per heavy atom. The number of hydrogen-bond acceptors (Lipinski definition) is 4. The monoisotopic (exact) mass is 392 g/mol. The van der Waals surface area contributed by atoms with Crippen molar-refractivity contribution in [3.05, 3.63) is 49.6 Å². The second-order valence-corrected chi connectivity index (χ2v) is 7.31. The second-order valence-electron chi connectivity index (χ2n) is 6.14. The molecule has 1 amide bonds. The molecule has 0 aliphatic rings. The first-order chi connectivity index (χ1) is 13.2. The number of carboxylic acid groups (broad SMARTS) is 1. The molecule has 0 radical (unpaired) electrons. The third-order valence-corrected chi connectivity index (χ3v) is 4.88. The summed E-state index contributed by atoms with van der Waals surface area (Å²) in [7, 11) is 0. The largest absolute Gasteiger partial charge is 0.494 e. The lowest BCUT2D eigenvalue weighted by molar-refractivity contribution is 0.194. The van der Waals surface area contributed by atoms with Crippen LogP contribution in [0.25, 0.3) is 0 Å². The lowest BCUT2D eigenvalue weighted by Crippen LogP contribution is -2.26.